The Balaban J connectivity index is 1.90. The van der Waals surface area contributed by atoms with Gasteiger partial charge in [-0.05, 0) is 31.6 Å². The average molecular weight is 152 g/mol. The Bertz CT molecular complexity index is 148. The molecule has 0 spiro atoms. The van der Waals surface area contributed by atoms with Crippen LogP contribution in [-0.4, -0.2) is 13.3 Å². The zero-order valence-electron chi connectivity index (χ0n) is 6.86. The molecule has 0 heterocycles. The van der Waals surface area contributed by atoms with Crippen LogP contribution in [0.3, 0.4) is 0 Å². The van der Waals surface area contributed by atoms with Crippen LogP contribution in [0.25, 0.3) is 0 Å². The fourth-order valence-corrected chi connectivity index (χ4v) is 0.805. The first kappa shape index (κ1) is 8.31. The lowest BCUT2D eigenvalue weighted by atomic mass is 10.3. The van der Waals surface area contributed by atoms with Gasteiger partial charge in [-0.25, -0.2) is 0 Å². The Hall–Kier alpha value is -0.790. The van der Waals surface area contributed by atoms with Crippen molar-refractivity contribution >= 4 is 6.21 Å². The van der Waals surface area contributed by atoms with Crippen molar-refractivity contribution in [3.63, 3.8) is 0 Å². The molecule has 0 aromatic carbocycles. The van der Waals surface area contributed by atoms with Crippen molar-refractivity contribution in [3.05, 3.63) is 18.6 Å². The molecule has 0 aliphatic heterocycles. The number of nitrogens with zero attached hydrogens (tertiary/aromatic N) is 1. The summed E-state index contributed by atoms with van der Waals surface area (Å²) in [5.41, 5.74) is 0. The van der Waals surface area contributed by atoms with Crippen molar-refractivity contribution in [3.8, 4) is 0 Å². The van der Waals surface area contributed by atoms with E-state index in [1.54, 1.807) is 13.3 Å². The molecular weight excluding hydrogens is 138 g/mol. The van der Waals surface area contributed by atoms with Gasteiger partial charge in [0.25, 0.3) is 0 Å². The van der Waals surface area contributed by atoms with Gasteiger partial charge in [-0.2, -0.15) is 0 Å². The second-order valence-electron chi connectivity index (χ2n) is 2.61. The molecule has 0 aromatic rings. The van der Waals surface area contributed by atoms with E-state index in [9.17, 15) is 0 Å². The first-order chi connectivity index (χ1) is 5.43. The van der Waals surface area contributed by atoms with Gasteiger partial charge in [0.2, 0.25) is 0 Å². The molecule has 1 saturated carbocycles. The van der Waals surface area contributed by atoms with Crippen molar-refractivity contribution in [1.29, 1.82) is 0 Å². The highest BCUT2D eigenvalue weighted by Crippen LogP contribution is 2.28. The van der Waals surface area contributed by atoms with Gasteiger partial charge >= 0.3 is 0 Å². The highest BCUT2D eigenvalue weighted by molar-refractivity contribution is 5.56. The second kappa shape index (κ2) is 4.94. The van der Waals surface area contributed by atoms with Gasteiger partial charge in [0.1, 0.15) is 7.11 Å². The van der Waals surface area contributed by atoms with E-state index in [0.29, 0.717) is 0 Å². The van der Waals surface area contributed by atoms with E-state index in [0.717, 1.165) is 18.8 Å². The number of unbranched alkanes of at least 4 members (excludes halogenated alkanes) is 1. The van der Waals surface area contributed by atoms with Crippen molar-refractivity contribution in [2.45, 2.75) is 19.3 Å². The van der Waals surface area contributed by atoms with Gasteiger partial charge in [0.15, 0.2) is 0 Å². The minimum Gasteiger partial charge on any atom is -0.399 e. The minimum absolute atomic E-state index is 0.773. The SMILES string of the molecule is CON=CCCC=CC1[CH]C1. The Morgan fingerprint density at radius 1 is 1.64 bits per heavy atom. The summed E-state index contributed by atoms with van der Waals surface area (Å²) in [6.07, 6.45) is 11.8. The number of hydrogen-bond acceptors (Lipinski definition) is 2. The van der Waals surface area contributed by atoms with E-state index in [4.69, 9.17) is 0 Å². The highest BCUT2D eigenvalue weighted by Gasteiger charge is 2.16. The average Bonchev–Trinajstić information content (AvgIpc) is 2.80. The molecule has 1 aliphatic carbocycles. The lowest BCUT2D eigenvalue weighted by Gasteiger charge is -1.86. The van der Waals surface area contributed by atoms with Crippen LogP contribution in [0.5, 0.6) is 0 Å². The van der Waals surface area contributed by atoms with Crippen molar-refractivity contribution < 1.29 is 4.84 Å². The highest BCUT2D eigenvalue weighted by atomic mass is 16.6. The maximum absolute atomic E-state index is 4.52. The predicted molar refractivity (Wildman–Crippen MR) is 46.3 cm³/mol. The molecule has 0 aromatic heterocycles. The summed E-state index contributed by atoms with van der Waals surface area (Å²) in [7, 11) is 1.56. The maximum Gasteiger partial charge on any atom is 0.106 e. The van der Waals surface area contributed by atoms with E-state index in [1.807, 2.05) is 0 Å². The molecule has 2 heteroatoms. The van der Waals surface area contributed by atoms with Gasteiger partial charge < -0.3 is 4.84 Å². The molecule has 0 amide bonds. The largest absolute Gasteiger partial charge is 0.399 e. The lowest BCUT2D eigenvalue weighted by molar-refractivity contribution is 0.214. The number of hydrogen-bond donors (Lipinski definition) is 0. The van der Waals surface area contributed by atoms with Crippen LogP contribution in [0.1, 0.15) is 19.3 Å². The first-order valence-corrected chi connectivity index (χ1v) is 3.98. The molecule has 1 fully saturated rings. The van der Waals surface area contributed by atoms with E-state index >= 15 is 0 Å². The summed E-state index contributed by atoms with van der Waals surface area (Å²) < 4.78 is 0. The van der Waals surface area contributed by atoms with Crippen LogP contribution >= 0.6 is 0 Å². The van der Waals surface area contributed by atoms with Gasteiger partial charge in [-0.15, -0.1) is 0 Å². The zero-order chi connectivity index (χ0) is 7.94. The van der Waals surface area contributed by atoms with Gasteiger partial charge in [0.05, 0.1) is 0 Å². The predicted octanol–water partition coefficient (Wildman–Crippen LogP) is 2.18. The minimum atomic E-state index is 0.773. The molecule has 61 valence electrons. The standard InChI is InChI=1S/C9H14NO/c1-11-10-8-4-2-3-5-9-6-7-9/h3,5-6,8-9H,2,4,7H2,1H3. The third-order valence-corrected chi connectivity index (χ3v) is 1.53. The van der Waals surface area contributed by atoms with Crippen LogP contribution in [-0.2, 0) is 4.84 Å². The quantitative estimate of drug-likeness (QED) is 0.256. The summed E-state index contributed by atoms with van der Waals surface area (Å²) in [6.45, 7) is 0. The molecule has 1 atom stereocenters. The third kappa shape index (κ3) is 4.59. The first-order valence-electron chi connectivity index (χ1n) is 3.98. The van der Waals surface area contributed by atoms with Gasteiger partial charge in [-0.3, -0.25) is 0 Å². The summed E-state index contributed by atoms with van der Waals surface area (Å²) in [5, 5.41) is 3.64. The maximum atomic E-state index is 4.52. The number of oxime groups is 1. The van der Waals surface area contributed by atoms with Crippen molar-refractivity contribution in [2.24, 2.45) is 11.1 Å². The monoisotopic (exact) mass is 152 g/mol. The molecule has 11 heavy (non-hydrogen) atoms. The van der Waals surface area contributed by atoms with Gasteiger partial charge in [0, 0.05) is 6.21 Å². The molecule has 1 aliphatic rings. The Labute approximate surface area is 67.9 Å². The summed E-state index contributed by atoms with van der Waals surface area (Å²) in [5.74, 6) is 0.773. The van der Waals surface area contributed by atoms with Gasteiger partial charge in [-0.1, -0.05) is 17.3 Å². The molecular formula is C9H14NO. The van der Waals surface area contributed by atoms with Crippen LogP contribution < -0.4 is 0 Å². The van der Waals surface area contributed by atoms with Crippen LogP contribution in [0.2, 0.25) is 0 Å². The fraction of sp³-hybridized carbons (Fsp3) is 0.556. The molecule has 0 N–H and O–H groups in total. The van der Waals surface area contributed by atoms with E-state index < -0.39 is 0 Å². The smallest absolute Gasteiger partial charge is 0.106 e. The zero-order valence-corrected chi connectivity index (χ0v) is 6.86. The third-order valence-electron chi connectivity index (χ3n) is 1.53. The van der Waals surface area contributed by atoms with E-state index in [2.05, 4.69) is 28.6 Å². The summed E-state index contributed by atoms with van der Waals surface area (Å²) >= 11 is 0. The van der Waals surface area contributed by atoms with Crippen LogP contribution in [0.15, 0.2) is 17.3 Å². The van der Waals surface area contributed by atoms with E-state index in [1.165, 1.54) is 6.42 Å². The van der Waals surface area contributed by atoms with Crippen LogP contribution in [0, 0.1) is 12.3 Å². The van der Waals surface area contributed by atoms with Crippen LogP contribution in [0.4, 0.5) is 0 Å². The lowest BCUT2D eigenvalue weighted by Crippen LogP contribution is -1.75. The Morgan fingerprint density at radius 3 is 3.09 bits per heavy atom. The van der Waals surface area contributed by atoms with Crippen molar-refractivity contribution in [2.75, 3.05) is 7.11 Å². The number of allylic oxidation sites excluding steroid dienone is 2. The Morgan fingerprint density at radius 2 is 2.45 bits per heavy atom. The molecule has 1 radical (unpaired) electrons. The second-order valence-corrected chi connectivity index (χ2v) is 2.61. The molecule has 1 rings (SSSR count). The van der Waals surface area contributed by atoms with Crippen molar-refractivity contribution in [1.82, 2.24) is 0 Å². The van der Waals surface area contributed by atoms with E-state index in [-0.39, 0.29) is 0 Å². The normalized spacial score (nSPS) is 18.3. The fourth-order valence-electron chi connectivity index (χ4n) is 0.805. The topological polar surface area (TPSA) is 21.6 Å². The summed E-state index contributed by atoms with van der Waals surface area (Å²) in [4.78, 5) is 4.52. The summed E-state index contributed by atoms with van der Waals surface area (Å²) in [6, 6.07) is 0. The number of rotatable bonds is 5. The Kier molecular flexibility index (Phi) is 3.73. The molecule has 1 unspecified atom stereocenters. The molecule has 0 saturated heterocycles. The molecule has 2 nitrogen and oxygen atoms in total. The molecule has 0 bridgehead atoms.